The van der Waals surface area contributed by atoms with Crippen LogP contribution >= 0.6 is 11.3 Å². The van der Waals surface area contributed by atoms with E-state index in [-0.39, 0.29) is 23.0 Å². The summed E-state index contributed by atoms with van der Waals surface area (Å²) in [5, 5.41) is 19.7. The van der Waals surface area contributed by atoms with Crippen molar-refractivity contribution in [3.63, 3.8) is 0 Å². The van der Waals surface area contributed by atoms with Crippen molar-refractivity contribution < 1.29 is 23.1 Å². The molecule has 234 valence electrons. The molecule has 1 aliphatic carbocycles. The fourth-order valence-corrected chi connectivity index (χ4v) is 7.90. The molecule has 3 aromatic rings. The number of nitrogens with one attached hydrogen (secondary N) is 4. The fourth-order valence-electron chi connectivity index (χ4n) is 5.04. The van der Waals surface area contributed by atoms with Crippen molar-refractivity contribution in [1.82, 2.24) is 20.3 Å². The number of aliphatic hydroxyl groups is 1. The van der Waals surface area contributed by atoms with Gasteiger partial charge in [-0.3, -0.25) is 5.32 Å². The van der Waals surface area contributed by atoms with Crippen LogP contribution in [0.25, 0.3) is 10.4 Å². The third-order valence-corrected chi connectivity index (χ3v) is 9.90. The van der Waals surface area contributed by atoms with E-state index >= 15 is 0 Å². The third kappa shape index (κ3) is 9.82. The highest BCUT2D eigenvalue weighted by Gasteiger charge is 2.29. The third-order valence-electron chi connectivity index (χ3n) is 6.91. The Morgan fingerprint density at radius 1 is 1.09 bits per heavy atom. The van der Waals surface area contributed by atoms with Gasteiger partial charge in [0, 0.05) is 41.5 Å². The lowest BCUT2D eigenvalue weighted by atomic mass is 9.86. The minimum atomic E-state index is -3.94. The molecule has 12 heteroatoms. The van der Waals surface area contributed by atoms with Gasteiger partial charge in [0.2, 0.25) is 16.4 Å². The van der Waals surface area contributed by atoms with Crippen molar-refractivity contribution in [3.8, 4) is 10.4 Å². The maximum absolute atomic E-state index is 13.6. The van der Waals surface area contributed by atoms with Crippen LogP contribution in [0.1, 0.15) is 76.8 Å². The zero-order chi connectivity index (χ0) is 31.2. The van der Waals surface area contributed by atoms with Crippen molar-refractivity contribution in [2.75, 3.05) is 5.32 Å². The molecule has 2 aromatic carbocycles. The normalized spacial score (nSPS) is 18.4. The summed E-state index contributed by atoms with van der Waals surface area (Å²) in [6, 6.07) is 14.2. The van der Waals surface area contributed by atoms with Crippen LogP contribution in [0.2, 0.25) is 0 Å². The number of anilines is 1. The van der Waals surface area contributed by atoms with Crippen molar-refractivity contribution in [2.45, 2.75) is 102 Å². The second-order valence-electron chi connectivity index (χ2n) is 12.2. The number of nitrogens with zero attached hydrogens (tertiary/aromatic N) is 1. The standard InChI is InChI=1S/C31H43N5O5S2/c1-20(2)41-30(38)35-23-13-11-22(12-14-23)28-32-19-26(42-28)25-16-15-24(17-27(25)43(39,40)36-31(3,4)5)34-29(37)33-18-21-9-7-6-8-10-21/h6-10,15-17,19-20,22-23,30,35-36,38H,11-14,18H2,1-5H3,(H2,33,34,37)/t22-,23+,30?. The maximum atomic E-state index is 13.6. The lowest BCUT2D eigenvalue weighted by Gasteiger charge is -2.30. The van der Waals surface area contributed by atoms with Crippen LogP contribution in [0.15, 0.2) is 59.6 Å². The lowest BCUT2D eigenvalue weighted by molar-refractivity contribution is -0.150. The Morgan fingerprint density at radius 3 is 2.44 bits per heavy atom. The Bertz CT molecular complexity index is 1460. The van der Waals surface area contributed by atoms with E-state index in [0.29, 0.717) is 17.8 Å². The SMILES string of the molecule is CC(C)OC(O)N[C@H]1CC[C@@H](c2ncc(-c3ccc(NC(=O)NCc4ccccc4)cc3S(=O)(=O)NC(C)(C)C)s2)CC1. The number of aromatic nitrogens is 1. The van der Waals surface area contributed by atoms with Crippen LogP contribution in [0.4, 0.5) is 10.5 Å². The summed E-state index contributed by atoms with van der Waals surface area (Å²) in [6.07, 6.45) is 4.23. The van der Waals surface area contributed by atoms with Crippen molar-refractivity contribution in [3.05, 3.63) is 65.3 Å². The number of hydrogen-bond donors (Lipinski definition) is 5. The molecule has 2 amide bonds. The molecule has 0 radical (unpaired) electrons. The van der Waals surface area contributed by atoms with Crippen molar-refractivity contribution >= 4 is 33.1 Å². The largest absolute Gasteiger partial charge is 0.356 e. The first kappa shape index (κ1) is 33.0. The number of hydrogen-bond acceptors (Lipinski definition) is 8. The minimum absolute atomic E-state index is 0.0680. The molecular formula is C31H43N5O5S2. The number of aliphatic hydroxyl groups excluding tert-OH is 1. The van der Waals surface area contributed by atoms with Gasteiger partial charge in [0.15, 0.2) is 0 Å². The molecule has 4 rings (SSSR count). The summed E-state index contributed by atoms with van der Waals surface area (Å²) < 4.78 is 35.3. The molecule has 1 aliphatic rings. The van der Waals surface area contributed by atoms with E-state index in [0.717, 1.165) is 41.1 Å². The molecule has 5 N–H and O–H groups in total. The molecule has 10 nitrogen and oxygen atoms in total. The topological polar surface area (TPSA) is 142 Å². The molecule has 0 saturated heterocycles. The second kappa shape index (κ2) is 14.3. The summed E-state index contributed by atoms with van der Waals surface area (Å²) in [7, 11) is -3.94. The molecule has 1 heterocycles. The van der Waals surface area contributed by atoms with Crippen molar-refractivity contribution in [2.24, 2.45) is 0 Å². The first-order valence-corrected chi connectivity index (χ1v) is 16.9. The van der Waals surface area contributed by atoms with Crippen LogP contribution < -0.4 is 20.7 Å². The number of sulfonamides is 1. The number of carbonyl (C=O) groups is 1. The van der Waals surface area contributed by atoms with Gasteiger partial charge in [-0.25, -0.2) is 22.9 Å². The van der Waals surface area contributed by atoms with E-state index < -0.39 is 28.0 Å². The summed E-state index contributed by atoms with van der Waals surface area (Å²) in [6.45, 7) is 9.46. The fraction of sp³-hybridized carbons (Fsp3) is 0.484. The highest BCUT2D eigenvalue weighted by atomic mass is 32.2. The van der Waals surface area contributed by atoms with Crippen LogP contribution in [0.5, 0.6) is 0 Å². The monoisotopic (exact) mass is 629 g/mol. The number of carbonyl (C=O) groups excluding carboxylic acids is 1. The summed E-state index contributed by atoms with van der Waals surface area (Å²) in [4.78, 5) is 18.1. The first-order chi connectivity index (χ1) is 20.3. The number of benzene rings is 2. The summed E-state index contributed by atoms with van der Waals surface area (Å²) in [5.41, 5.74) is 1.14. The Hall–Kier alpha value is -2.87. The molecule has 1 fully saturated rings. The van der Waals surface area contributed by atoms with E-state index in [1.165, 1.54) is 17.4 Å². The van der Waals surface area contributed by atoms with E-state index in [1.807, 2.05) is 44.2 Å². The number of urea groups is 1. The highest BCUT2D eigenvalue weighted by molar-refractivity contribution is 7.89. The Balaban J connectivity index is 1.50. The average molecular weight is 630 g/mol. The number of amides is 2. The zero-order valence-corrected chi connectivity index (χ0v) is 27.0. The smallest absolute Gasteiger partial charge is 0.319 e. The van der Waals surface area contributed by atoms with E-state index in [4.69, 9.17) is 9.72 Å². The van der Waals surface area contributed by atoms with Gasteiger partial charge in [0.1, 0.15) is 0 Å². The number of rotatable bonds is 11. The molecule has 1 atom stereocenters. The molecule has 0 aliphatic heterocycles. The minimum Gasteiger partial charge on any atom is -0.356 e. The molecule has 1 unspecified atom stereocenters. The van der Waals surface area contributed by atoms with E-state index in [2.05, 4.69) is 20.7 Å². The van der Waals surface area contributed by atoms with Gasteiger partial charge < -0.3 is 20.5 Å². The molecule has 1 saturated carbocycles. The van der Waals surface area contributed by atoms with E-state index in [1.54, 1.807) is 39.1 Å². The maximum Gasteiger partial charge on any atom is 0.319 e. The van der Waals surface area contributed by atoms with Gasteiger partial charge in [-0.2, -0.15) is 0 Å². The number of thiazole rings is 1. The van der Waals surface area contributed by atoms with Crippen LogP contribution in [0.3, 0.4) is 0 Å². The average Bonchev–Trinajstić information content (AvgIpc) is 3.41. The highest BCUT2D eigenvalue weighted by Crippen LogP contribution is 2.40. The molecular weight excluding hydrogens is 587 g/mol. The van der Waals surface area contributed by atoms with Crippen LogP contribution in [-0.2, 0) is 21.3 Å². The first-order valence-electron chi connectivity index (χ1n) is 14.6. The summed E-state index contributed by atoms with van der Waals surface area (Å²) >= 11 is 1.49. The predicted octanol–water partition coefficient (Wildman–Crippen LogP) is 5.53. The van der Waals surface area contributed by atoms with Gasteiger partial charge in [0.05, 0.1) is 20.9 Å². The summed E-state index contributed by atoms with van der Waals surface area (Å²) in [5.74, 6) is 0.252. The van der Waals surface area contributed by atoms with Gasteiger partial charge in [0.25, 0.3) is 0 Å². The van der Waals surface area contributed by atoms with Crippen molar-refractivity contribution in [1.29, 1.82) is 0 Å². The van der Waals surface area contributed by atoms with Crippen LogP contribution in [-0.4, -0.2) is 48.6 Å². The molecule has 1 aromatic heterocycles. The lowest BCUT2D eigenvalue weighted by Crippen LogP contribution is -2.42. The molecule has 0 bridgehead atoms. The second-order valence-corrected chi connectivity index (χ2v) is 14.9. The zero-order valence-electron chi connectivity index (χ0n) is 25.4. The Labute approximate surface area is 258 Å². The van der Waals surface area contributed by atoms with E-state index in [9.17, 15) is 18.3 Å². The molecule has 43 heavy (non-hydrogen) atoms. The van der Waals surface area contributed by atoms with Gasteiger partial charge in [-0.15, -0.1) is 11.3 Å². The Morgan fingerprint density at radius 2 is 1.79 bits per heavy atom. The van der Waals surface area contributed by atoms with Gasteiger partial charge in [-0.05, 0) is 78.0 Å². The number of ether oxygens (including phenoxy) is 1. The predicted molar refractivity (Wildman–Crippen MR) is 170 cm³/mol. The van der Waals surface area contributed by atoms with Gasteiger partial charge in [-0.1, -0.05) is 36.4 Å². The molecule has 0 spiro atoms. The Kier molecular flexibility index (Phi) is 11.0. The van der Waals surface area contributed by atoms with Crippen LogP contribution in [0, 0.1) is 0 Å². The van der Waals surface area contributed by atoms with Gasteiger partial charge >= 0.3 is 6.03 Å². The quantitative estimate of drug-likeness (QED) is 0.176.